The fourth-order valence-corrected chi connectivity index (χ4v) is 1.78. The largest absolute Gasteiger partial charge is 0.506 e. The van der Waals surface area contributed by atoms with Crippen LogP contribution in [0.2, 0.25) is 5.02 Å². The van der Waals surface area contributed by atoms with E-state index in [1.807, 2.05) is 6.07 Å². The van der Waals surface area contributed by atoms with Gasteiger partial charge in [0.15, 0.2) is 0 Å². The minimum absolute atomic E-state index is 0.126. The maximum Gasteiger partial charge on any atom is 0.142 e. The van der Waals surface area contributed by atoms with E-state index < -0.39 is 0 Å². The molecule has 2 rings (SSSR count). The van der Waals surface area contributed by atoms with Gasteiger partial charge in [-0.05, 0) is 18.2 Å². The number of nitrogens with zero attached hydrogens (tertiary/aromatic N) is 2. The molecule has 0 spiro atoms. The second-order valence-electron chi connectivity index (χ2n) is 3.56. The van der Waals surface area contributed by atoms with Gasteiger partial charge in [0.2, 0.25) is 0 Å². The van der Waals surface area contributed by atoms with Gasteiger partial charge >= 0.3 is 0 Å². The van der Waals surface area contributed by atoms with Gasteiger partial charge in [-0.3, -0.25) is 4.98 Å². The molecular weight excluding hydrogens is 248 g/mol. The second kappa shape index (κ2) is 5.35. The highest BCUT2D eigenvalue weighted by molar-refractivity contribution is 6.32. The van der Waals surface area contributed by atoms with Crippen molar-refractivity contribution in [2.45, 2.75) is 0 Å². The van der Waals surface area contributed by atoms with E-state index in [0.29, 0.717) is 16.1 Å². The van der Waals surface area contributed by atoms with Gasteiger partial charge in [-0.15, -0.1) is 0 Å². The van der Waals surface area contributed by atoms with Crippen molar-refractivity contribution in [2.75, 3.05) is 0 Å². The van der Waals surface area contributed by atoms with Gasteiger partial charge in [0.1, 0.15) is 17.4 Å². The van der Waals surface area contributed by atoms with Crippen LogP contribution in [-0.2, 0) is 0 Å². The predicted octanol–water partition coefficient (Wildman–Crippen LogP) is 3.68. The van der Waals surface area contributed by atoms with Crippen molar-refractivity contribution < 1.29 is 5.11 Å². The van der Waals surface area contributed by atoms with Crippen LogP contribution in [0.25, 0.3) is 11.3 Å². The van der Waals surface area contributed by atoms with E-state index in [0.717, 1.165) is 0 Å². The number of benzene rings is 1. The fourth-order valence-electron chi connectivity index (χ4n) is 1.55. The number of aromatic nitrogens is 1. The average molecular weight is 257 g/mol. The zero-order valence-corrected chi connectivity index (χ0v) is 10.1. The summed E-state index contributed by atoms with van der Waals surface area (Å²) in [7, 11) is 0. The van der Waals surface area contributed by atoms with Crippen molar-refractivity contribution in [1.29, 1.82) is 5.26 Å². The third-order valence-electron chi connectivity index (χ3n) is 2.43. The highest BCUT2D eigenvalue weighted by Crippen LogP contribution is 2.28. The molecule has 1 aromatic heterocycles. The summed E-state index contributed by atoms with van der Waals surface area (Å²) in [6, 6.07) is 12.2. The molecule has 0 unspecified atom stereocenters. The molecule has 0 aliphatic carbocycles. The minimum atomic E-state index is -0.126. The lowest BCUT2D eigenvalue weighted by atomic mass is 10.0. The second-order valence-corrected chi connectivity index (χ2v) is 3.96. The summed E-state index contributed by atoms with van der Waals surface area (Å²) >= 11 is 6.02. The summed E-state index contributed by atoms with van der Waals surface area (Å²) in [5.41, 5.74) is 1.12. The lowest BCUT2D eigenvalue weighted by Crippen LogP contribution is -1.91. The SMILES string of the molecule is N#C/C(=C(\O)c1cccnc1)c1ccccc1Cl. The van der Waals surface area contributed by atoms with Crippen LogP contribution in [0.1, 0.15) is 11.1 Å². The number of allylic oxidation sites excluding steroid dienone is 1. The number of hydrogen-bond donors (Lipinski definition) is 1. The molecule has 1 aromatic carbocycles. The molecule has 0 aliphatic heterocycles. The summed E-state index contributed by atoms with van der Waals surface area (Å²) in [6.45, 7) is 0. The first-order chi connectivity index (χ1) is 8.74. The summed E-state index contributed by atoms with van der Waals surface area (Å²) in [5.74, 6) is -0.126. The van der Waals surface area contributed by atoms with Crippen molar-refractivity contribution in [3.63, 3.8) is 0 Å². The van der Waals surface area contributed by atoms with Gasteiger partial charge in [0.25, 0.3) is 0 Å². The van der Waals surface area contributed by atoms with Crippen LogP contribution in [0.5, 0.6) is 0 Å². The Labute approximate surface area is 110 Å². The Hall–Kier alpha value is -2.31. The molecule has 0 saturated heterocycles. The van der Waals surface area contributed by atoms with Crippen molar-refractivity contribution in [1.82, 2.24) is 4.98 Å². The lowest BCUT2D eigenvalue weighted by molar-refractivity contribution is 0.514. The molecule has 0 atom stereocenters. The van der Waals surface area contributed by atoms with Gasteiger partial charge in [-0.1, -0.05) is 29.8 Å². The van der Waals surface area contributed by atoms with Crippen molar-refractivity contribution in [3.8, 4) is 6.07 Å². The molecule has 3 nitrogen and oxygen atoms in total. The third-order valence-corrected chi connectivity index (χ3v) is 2.76. The normalized spacial score (nSPS) is 11.6. The molecule has 0 fully saturated rings. The smallest absolute Gasteiger partial charge is 0.142 e. The van der Waals surface area contributed by atoms with E-state index in [2.05, 4.69) is 4.98 Å². The van der Waals surface area contributed by atoms with Gasteiger partial charge in [0.05, 0.1) is 0 Å². The highest BCUT2D eigenvalue weighted by Gasteiger charge is 2.12. The monoisotopic (exact) mass is 256 g/mol. The number of aliphatic hydroxyl groups is 1. The molecule has 0 bridgehead atoms. The van der Waals surface area contributed by atoms with Crippen molar-refractivity contribution in [3.05, 3.63) is 64.9 Å². The Morgan fingerprint density at radius 1 is 1.22 bits per heavy atom. The number of nitriles is 1. The summed E-state index contributed by atoms with van der Waals surface area (Å²) in [5, 5.41) is 19.7. The van der Waals surface area contributed by atoms with E-state index in [1.54, 1.807) is 42.6 Å². The zero-order chi connectivity index (χ0) is 13.0. The molecule has 1 N–H and O–H groups in total. The van der Waals surface area contributed by atoms with Crippen LogP contribution in [-0.4, -0.2) is 10.1 Å². The first-order valence-electron chi connectivity index (χ1n) is 5.22. The summed E-state index contributed by atoms with van der Waals surface area (Å²) in [6.07, 6.45) is 3.09. The quantitative estimate of drug-likeness (QED) is 0.659. The fraction of sp³-hybridized carbons (Fsp3) is 0. The van der Waals surface area contributed by atoms with E-state index in [9.17, 15) is 10.4 Å². The van der Waals surface area contributed by atoms with Crippen molar-refractivity contribution in [2.24, 2.45) is 0 Å². The molecule has 4 heteroatoms. The van der Waals surface area contributed by atoms with Gasteiger partial charge in [-0.25, -0.2) is 0 Å². The number of rotatable bonds is 2. The molecule has 88 valence electrons. The van der Waals surface area contributed by atoms with Gasteiger partial charge in [0, 0.05) is 28.5 Å². The van der Waals surface area contributed by atoms with Crippen LogP contribution in [0.15, 0.2) is 48.8 Å². The molecule has 18 heavy (non-hydrogen) atoms. The Kier molecular flexibility index (Phi) is 3.61. The first kappa shape index (κ1) is 12.2. The van der Waals surface area contributed by atoms with E-state index in [4.69, 9.17) is 11.6 Å². The average Bonchev–Trinajstić information content (AvgIpc) is 2.42. The maximum atomic E-state index is 10.1. The van der Waals surface area contributed by atoms with E-state index in [1.165, 1.54) is 6.20 Å². The van der Waals surface area contributed by atoms with Gasteiger partial charge < -0.3 is 5.11 Å². The molecule has 2 aromatic rings. The molecule has 0 amide bonds. The number of hydrogen-bond acceptors (Lipinski definition) is 3. The van der Waals surface area contributed by atoms with Crippen LogP contribution >= 0.6 is 11.6 Å². The number of halogens is 1. The van der Waals surface area contributed by atoms with Crippen LogP contribution in [0.4, 0.5) is 0 Å². The zero-order valence-electron chi connectivity index (χ0n) is 9.34. The van der Waals surface area contributed by atoms with Gasteiger partial charge in [-0.2, -0.15) is 5.26 Å². The van der Waals surface area contributed by atoms with Crippen LogP contribution in [0.3, 0.4) is 0 Å². The first-order valence-corrected chi connectivity index (χ1v) is 5.60. The van der Waals surface area contributed by atoms with E-state index >= 15 is 0 Å². The minimum Gasteiger partial charge on any atom is -0.506 e. The Bertz CT molecular complexity index is 630. The lowest BCUT2D eigenvalue weighted by Gasteiger charge is -2.06. The standard InChI is InChI=1S/C14H9ClN2O/c15-13-6-2-1-5-11(13)12(8-16)14(18)10-4-3-7-17-9-10/h1-7,9,18H/b14-12+. The Morgan fingerprint density at radius 3 is 2.61 bits per heavy atom. The molecule has 0 radical (unpaired) electrons. The number of aliphatic hydroxyl groups excluding tert-OH is 1. The Balaban J connectivity index is 2.60. The van der Waals surface area contributed by atoms with Crippen LogP contribution in [0, 0.1) is 11.3 Å². The predicted molar refractivity (Wildman–Crippen MR) is 70.7 cm³/mol. The Morgan fingerprint density at radius 2 is 2.00 bits per heavy atom. The maximum absolute atomic E-state index is 10.1. The van der Waals surface area contributed by atoms with E-state index in [-0.39, 0.29) is 11.3 Å². The topological polar surface area (TPSA) is 56.9 Å². The molecule has 1 heterocycles. The molecule has 0 saturated carbocycles. The highest BCUT2D eigenvalue weighted by atomic mass is 35.5. The van der Waals surface area contributed by atoms with Crippen LogP contribution < -0.4 is 0 Å². The molecule has 0 aliphatic rings. The summed E-state index contributed by atoms with van der Waals surface area (Å²) in [4.78, 5) is 3.90. The number of pyridine rings is 1. The third kappa shape index (κ3) is 2.34. The van der Waals surface area contributed by atoms with Crippen molar-refractivity contribution >= 4 is 22.9 Å². The molecular formula is C14H9ClN2O. The summed E-state index contributed by atoms with van der Waals surface area (Å²) < 4.78 is 0.